The van der Waals surface area contributed by atoms with Crippen LogP contribution in [0.2, 0.25) is 0 Å². The van der Waals surface area contributed by atoms with Gasteiger partial charge in [0.25, 0.3) is 0 Å². The van der Waals surface area contributed by atoms with E-state index >= 15 is 0 Å². The van der Waals surface area contributed by atoms with Gasteiger partial charge in [0.05, 0.1) is 25.7 Å². The van der Waals surface area contributed by atoms with Gasteiger partial charge in [-0.1, -0.05) is 195 Å². The quantitative estimate of drug-likeness (QED) is 0.0343. The molecule has 0 aromatic carbocycles. The monoisotopic (exact) mass is 848 g/mol. The molecule has 0 amide bonds. The van der Waals surface area contributed by atoms with E-state index in [0.717, 1.165) is 103 Å². The minimum absolute atomic E-state index is 0.00601. The fraction of sp³-hybridized carbons (Fsp3) is 0.943. The van der Waals surface area contributed by atoms with Crippen molar-refractivity contribution in [1.82, 2.24) is 4.90 Å². The predicted octanol–water partition coefficient (Wildman–Crippen LogP) is 15.3. The predicted molar refractivity (Wildman–Crippen MR) is 253 cm³/mol. The minimum Gasteiger partial charge on any atom is -0.466 e. The molecule has 7 nitrogen and oxygen atoms in total. The van der Waals surface area contributed by atoms with Gasteiger partial charge in [0.2, 0.25) is 0 Å². The molecule has 0 spiro atoms. The molecule has 0 aromatic heterocycles. The number of carbonyl (C=O) groups excluding carboxylic acids is 3. The van der Waals surface area contributed by atoms with Crippen LogP contribution in [0, 0.1) is 17.8 Å². The summed E-state index contributed by atoms with van der Waals surface area (Å²) in [5, 5.41) is 0. The summed E-state index contributed by atoms with van der Waals surface area (Å²) in [5.74, 6) is 1.35. The van der Waals surface area contributed by atoms with E-state index in [0.29, 0.717) is 44.5 Å². The van der Waals surface area contributed by atoms with Crippen molar-refractivity contribution in [2.75, 3.05) is 39.5 Å². The highest BCUT2D eigenvalue weighted by Gasteiger charge is 2.20. The third kappa shape index (κ3) is 34.9. The molecule has 1 fully saturated rings. The molecule has 0 radical (unpaired) electrons. The number of unbranched alkanes of at least 4 members (excludes halogenated alkanes) is 18. The van der Waals surface area contributed by atoms with Crippen molar-refractivity contribution in [3.63, 3.8) is 0 Å². The Morgan fingerprint density at radius 2 is 0.767 bits per heavy atom. The van der Waals surface area contributed by atoms with Crippen LogP contribution in [0.25, 0.3) is 0 Å². The second-order valence-corrected chi connectivity index (χ2v) is 18.8. The van der Waals surface area contributed by atoms with E-state index in [-0.39, 0.29) is 23.8 Å². The Kier molecular flexibility index (Phi) is 40.1. The lowest BCUT2D eigenvalue weighted by Gasteiger charge is -2.18. The maximum absolute atomic E-state index is 13.2. The van der Waals surface area contributed by atoms with Crippen LogP contribution in [0.4, 0.5) is 0 Å². The van der Waals surface area contributed by atoms with E-state index in [9.17, 15) is 14.4 Å². The first-order chi connectivity index (χ1) is 29.4. The number of nitrogens with zero attached hydrogens (tertiary/aromatic N) is 1. The van der Waals surface area contributed by atoms with E-state index in [1.807, 2.05) is 0 Å². The van der Waals surface area contributed by atoms with Gasteiger partial charge in [-0.2, -0.15) is 0 Å². The third-order valence-electron chi connectivity index (χ3n) is 13.2. The van der Waals surface area contributed by atoms with Crippen molar-refractivity contribution < 1.29 is 28.6 Å². The van der Waals surface area contributed by atoms with Gasteiger partial charge in [-0.3, -0.25) is 14.4 Å². The number of hydrogen-bond acceptors (Lipinski definition) is 7. The largest absolute Gasteiger partial charge is 0.466 e. The highest BCUT2D eigenvalue weighted by Crippen LogP contribution is 2.24. The summed E-state index contributed by atoms with van der Waals surface area (Å²) in [6.07, 6.45) is 41.9. The van der Waals surface area contributed by atoms with Gasteiger partial charge < -0.3 is 19.1 Å². The normalized spacial score (nSPS) is 13.7. The average molecular weight is 848 g/mol. The van der Waals surface area contributed by atoms with Crippen molar-refractivity contribution in [3.05, 3.63) is 0 Å². The summed E-state index contributed by atoms with van der Waals surface area (Å²) in [6, 6.07) is 0. The standard InChI is InChI=1S/C53H101NO6/c1-5-9-21-32-48(33-22-10-6-2)40-46-58-51(55)38-27-19-15-13-14-17-25-36-50(53(57)60-45-31-44-54-42-29-30-43-54)37-26-18-16-20-28-39-52(56)59-47-41-49(34-23-11-7-3)35-24-12-8-4/h48-50H,5-47H2,1-4H3. The molecule has 354 valence electrons. The van der Waals surface area contributed by atoms with Gasteiger partial charge in [0.1, 0.15) is 0 Å². The molecule has 1 saturated heterocycles. The first-order valence-corrected chi connectivity index (χ1v) is 26.6. The van der Waals surface area contributed by atoms with E-state index < -0.39 is 0 Å². The molecule has 1 unspecified atom stereocenters. The lowest BCUT2D eigenvalue weighted by molar-refractivity contribution is -0.149. The first-order valence-electron chi connectivity index (χ1n) is 26.6. The summed E-state index contributed by atoms with van der Waals surface area (Å²) in [4.78, 5) is 40.5. The Morgan fingerprint density at radius 1 is 0.400 bits per heavy atom. The van der Waals surface area contributed by atoms with E-state index in [4.69, 9.17) is 14.2 Å². The van der Waals surface area contributed by atoms with E-state index in [1.54, 1.807) is 0 Å². The SMILES string of the molecule is CCCCCC(CCCCC)CCOC(=O)CCCCCCCCCC(CCCCCCCC(=O)OCCC(CCCCC)CCCCC)C(=O)OCCCN1CCCC1. The van der Waals surface area contributed by atoms with Crippen molar-refractivity contribution >= 4 is 17.9 Å². The molecule has 0 bridgehead atoms. The molecule has 7 heteroatoms. The van der Waals surface area contributed by atoms with Crippen LogP contribution in [0.15, 0.2) is 0 Å². The second kappa shape index (κ2) is 42.7. The molecule has 0 aromatic rings. The summed E-state index contributed by atoms with van der Waals surface area (Å²) in [7, 11) is 0. The number of hydrogen-bond donors (Lipinski definition) is 0. The molecule has 0 saturated carbocycles. The second-order valence-electron chi connectivity index (χ2n) is 18.8. The molecule has 1 heterocycles. The van der Waals surface area contributed by atoms with Gasteiger partial charge in [-0.25, -0.2) is 0 Å². The summed E-state index contributed by atoms with van der Waals surface area (Å²) in [5.41, 5.74) is 0. The molecule has 60 heavy (non-hydrogen) atoms. The van der Waals surface area contributed by atoms with Crippen molar-refractivity contribution in [3.8, 4) is 0 Å². The average Bonchev–Trinajstić information content (AvgIpc) is 3.77. The van der Waals surface area contributed by atoms with Gasteiger partial charge in [-0.05, 0) is 82.7 Å². The minimum atomic E-state index is -0.0341. The van der Waals surface area contributed by atoms with Gasteiger partial charge in [0, 0.05) is 19.4 Å². The summed E-state index contributed by atoms with van der Waals surface area (Å²) < 4.78 is 17.1. The lowest BCUT2D eigenvalue weighted by Crippen LogP contribution is -2.23. The van der Waals surface area contributed by atoms with Crippen LogP contribution in [-0.4, -0.2) is 62.3 Å². The number of ether oxygens (including phenoxy) is 3. The van der Waals surface area contributed by atoms with Crippen LogP contribution in [0.5, 0.6) is 0 Å². The zero-order valence-electron chi connectivity index (χ0n) is 40.5. The zero-order valence-corrected chi connectivity index (χ0v) is 40.5. The third-order valence-corrected chi connectivity index (χ3v) is 13.2. The highest BCUT2D eigenvalue weighted by atomic mass is 16.5. The van der Waals surface area contributed by atoms with Crippen LogP contribution >= 0.6 is 0 Å². The van der Waals surface area contributed by atoms with E-state index in [2.05, 4.69) is 32.6 Å². The van der Waals surface area contributed by atoms with Gasteiger partial charge in [0.15, 0.2) is 0 Å². The number of esters is 3. The summed E-state index contributed by atoms with van der Waals surface area (Å²) in [6.45, 7) is 14.1. The Bertz CT molecular complexity index is 947. The molecule has 1 aliphatic heterocycles. The van der Waals surface area contributed by atoms with Crippen LogP contribution in [0.1, 0.15) is 265 Å². The number of rotatable bonds is 45. The van der Waals surface area contributed by atoms with Gasteiger partial charge in [-0.15, -0.1) is 0 Å². The molecule has 1 aliphatic rings. The van der Waals surface area contributed by atoms with E-state index in [1.165, 1.54) is 142 Å². The Morgan fingerprint density at radius 3 is 1.17 bits per heavy atom. The van der Waals surface area contributed by atoms with Crippen molar-refractivity contribution in [2.45, 2.75) is 265 Å². The summed E-state index contributed by atoms with van der Waals surface area (Å²) >= 11 is 0. The molecular formula is C53H101NO6. The molecule has 1 rings (SSSR count). The molecule has 1 atom stereocenters. The maximum atomic E-state index is 13.2. The lowest BCUT2D eigenvalue weighted by atomic mass is 9.92. The Labute approximate surface area is 372 Å². The smallest absolute Gasteiger partial charge is 0.308 e. The topological polar surface area (TPSA) is 82.1 Å². The fourth-order valence-electron chi connectivity index (χ4n) is 9.12. The molecule has 0 aliphatic carbocycles. The van der Waals surface area contributed by atoms with Crippen molar-refractivity contribution in [1.29, 1.82) is 0 Å². The number of carbonyl (C=O) groups is 3. The molecule has 0 N–H and O–H groups in total. The first kappa shape index (κ1) is 56.4. The number of likely N-dealkylation sites (tertiary alicyclic amines) is 1. The molecular weight excluding hydrogens is 747 g/mol. The zero-order chi connectivity index (χ0) is 43.6. The highest BCUT2D eigenvalue weighted by molar-refractivity contribution is 5.72. The van der Waals surface area contributed by atoms with Crippen LogP contribution in [0.3, 0.4) is 0 Å². The Hall–Kier alpha value is -1.63. The van der Waals surface area contributed by atoms with Crippen molar-refractivity contribution in [2.24, 2.45) is 17.8 Å². The fourth-order valence-corrected chi connectivity index (χ4v) is 9.12. The van der Waals surface area contributed by atoms with Gasteiger partial charge >= 0.3 is 17.9 Å². The van der Waals surface area contributed by atoms with Crippen LogP contribution < -0.4 is 0 Å². The van der Waals surface area contributed by atoms with Crippen LogP contribution in [-0.2, 0) is 28.6 Å². The Balaban J connectivity index is 2.27. The maximum Gasteiger partial charge on any atom is 0.308 e.